The van der Waals surface area contributed by atoms with Gasteiger partial charge in [0.05, 0.1) is 5.69 Å². The summed E-state index contributed by atoms with van der Waals surface area (Å²) in [6.07, 6.45) is 2.82. The highest BCUT2D eigenvalue weighted by atomic mass is 16.2. The van der Waals surface area contributed by atoms with E-state index in [1.165, 1.54) is 5.01 Å². The van der Waals surface area contributed by atoms with Gasteiger partial charge in [0.1, 0.15) is 5.71 Å². The standard InChI is InChI=1S/C16H23N5O2/c1-3-21-15(22)7-6-13(19-21)16(23)20-8-4-5-12(10-20)14-9-11(2)17-18-14/h9,12H,3-8,10H2,1-2H3,(H,17,18)/t12-/m1/s1. The number of nitrogens with zero attached hydrogens (tertiary/aromatic N) is 4. The maximum absolute atomic E-state index is 12.7. The lowest BCUT2D eigenvalue weighted by Gasteiger charge is -2.33. The smallest absolute Gasteiger partial charge is 0.270 e. The average molecular weight is 317 g/mol. The number of nitrogens with one attached hydrogen (secondary N) is 1. The Bertz CT molecular complexity index is 636. The molecule has 2 aliphatic heterocycles. The molecular formula is C16H23N5O2. The number of likely N-dealkylation sites (tertiary alicyclic amines) is 1. The topological polar surface area (TPSA) is 81.7 Å². The minimum absolute atomic E-state index is 0.00688. The lowest BCUT2D eigenvalue weighted by molar-refractivity contribution is -0.132. The number of hydrogen-bond acceptors (Lipinski definition) is 4. The second kappa shape index (κ2) is 6.52. The zero-order valence-electron chi connectivity index (χ0n) is 13.7. The minimum atomic E-state index is -0.0343. The molecule has 1 fully saturated rings. The fraction of sp³-hybridized carbons (Fsp3) is 0.625. The van der Waals surface area contributed by atoms with Gasteiger partial charge in [-0.2, -0.15) is 10.2 Å². The molecule has 0 unspecified atom stereocenters. The summed E-state index contributed by atoms with van der Waals surface area (Å²) in [4.78, 5) is 26.3. The molecule has 1 aromatic heterocycles. The summed E-state index contributed by atoms with van der Waals surface area (Å²) in [5, 5.41) is 12.9. The first kappa shape index (κ1) is 15.7. The summed E-state index contributed by atoms with van der Waals surface area (Å²) in [7, 11) is 0. The van der Waals surface area contributed by atoms with Gasteiger partial charge in [0.15, 0.2) is 0 Å². The highest BCUT2D eigenvalue weighted by Gasteiger charge is 2.31. The lowest BCUT2D eigenvalue weighted by Crippen LogP contribution is -2.45. The molecule has 7 heteroatoms. The molecule has 23 heavy (non-hydrogen) atoms. The summed E-state index contributed by atoms with van der Waals surface area (Å²) in [5.41, 5.74) is 2.57. The van der Waals surface area contributed by atoms with Crippen LogP contribution in [0.5, 0.6) is 0 Å². The average Bonchev–Trinajstić information content (AvgIpc) is 3.01. The minimum Gasteiger partial charge on any atom is -0.337 e. The van der Waals surface area contributed by atoms with Gasteiger partial charge in [0.25, 0.3) is 5.91 Å². The summed E-state index contributed by atoms with van der Waals surface area (Å²) >= 11 is 0. The Morgan fingerprint density at radius 1 is 1.43 bits per heavy atom. The second-order valence-electron chi connectivity index (χ2n) is 6.22. The van der Waals surface area contributed by atoms with E-state index in [0.29, 0.717) is 31.6 Å². The van der Waals surface area contributed by atoms with Crippen molar-refractivity contribution in [3.63, 3.8) is 0 Å². The van der Waals surface area contributed by atoms with Crippen molar-refractivity contribution in [3.05, 3.63) is 17.5 Å². The number of H-pyrrole nitrogens is 1. The molecule has 0 spiro atoms. The lowest BCUT2D eigenvalue weighted by atomic mass is 9.94. The van der Waals surface area contributed by atoms with Crippen LogP contribution in [-0.4, -0.2) is 57.3 Å². The maximum atomic E-state index is 12.7. The van der Waals surface area contributed by atoms with Crippen LogP contribution in [-0.2, 0) is 9.59 Å². The Morgan fingerprint density at radius 3 is 2.96 bits per heavy atom. The largest absolute Gasteiger partial charge is 0.337 e. The monoisotopic (exact) mass is 317 g/mol. The van der Waals surface area contributed by atoms with Crippen LogP contribution in [0.15, 0.2) is 11.2 Å². The molecule has 0 bridgehead atoms. The summed E-state index contributed by atoms with van der Waals surface area (Å²) in [6.45, 7) is 5.77. The van der Waals surface area contributed by atoms with E-state index in [4.69, 9.17) is 0 Å². The fourth-order valence-electron chi connectivity index (χ4n) is 3.24. The molecule has 1 saturated heterocycles. The molecule has 1 atom stereocenters. The zero-order valence-corrected chi connectivity index (χ0v) is 13.7. The Balaban J connectivity index is 1.71. The number of amides is 2. The Kier molecular flexibility index (Phi) is 4.45. The number of aromatic amines is 1. The highest BCUT2D eigenvalue weighted by molar-refractivity contribution is 6.39. The van der Waals surface area contributed by atoms with E-state index >= 15 is 0 Å². The number of aromatic nitrogens is 2. The molecule has 1 aromatic rings. The van der Waals surface area contributed by atoms with Gasteiger partial charge >= 0.3 is 0 Å². The predicted molar refractivity (Wildman–Crippen MR) is 85.9 cm³/mol. The van der Waals surface area contributed by atoms with E-state index in [1.807, 2.05) is 24.8 Å². The van der Waals surface area contributed by atoms with E-state index in [1.54, 1.807) is 0 Å². The van der Waals surface area contributed by atoms with Crippen LogP contribution in [0.1, 0.15) is 49.9 Å². The van der Waals surface area contributed by atoms with Gasteiger partial charge in [-0.1, -0.05) is 0 Å². The van der Waals surface area contributed by atoms with Crippen LogP contribution < -0.4 is 0 Å². The van der Waals surface area contributed by atoms with Crippen molar-refractivity contribution in [2.24, 2.45) is 5.10 Å². The van der Waals surface area contributed by atoms with Gasteiger partial charge < -0.3 is 4.90 Å². The molecule has 2 aliphatic rings. The molecular weight excluding hydrogens is 294 g/mol. The number of carbonyl (C=O) groups excluding carboxylic acids is 2. The van der Waals surface area contributed by atoms with Crippen molar-refractivity contribution in [1.29, 1.82) is 0 Å². The molecule has 0 radical (unpaired) electrons. The summed E-state index contributed by atoms with van der Waals surface area (Å²) in [6, 6.07) is 2.05. The van der Waals surface area contributed by atoms with Crippen LogP contribution >= 0.6 is 0 Å². The highest BCUT2D eigenvalue weighted by Crippen LogP contribution is 2.26. The third-order valence-corrected chi connectivity index (χ3v) is 4.50. The third kappa shape index (κ3) is 3.28. The number of rotatable bonds is 3. The van der Waals surface area contributed by atoms with Crippen LogP contribution in [0, 0.1) is 6.92 Å². The zero-order chi connectivity index (χ0) is 16.4. The van der Waals surface area contributed by atoms with Gasteiger partial charge in [-0.15, -0.1) is 0 Å². The first-order valence-corrected chi connectivity index (χ1v) is 8.27. The van der Waals surface area contributed by atoms with Gasteiger partial charge in [-0.25, -0.2) is 5.01 Å². The number of aryl methyl sites for hydroxylation is 1. The van der Waals surface area contributed by atoms with E-state index < -0.39 is 0 Å². The molecule has 0 aliphatic carbocycles. The summed E-state index contributed by atoms with van der Waals surface area (Å²) < 4.78 is 0. The first-order chi connectivity index (χ1) is 11.1. The number of carbonyl (C=O) groups is 2. The van der Waals surface area contributed by atoms with Crippen LogP contribution in [0.4, 0.5) is 0 Å². The summed E-state index contributed by atoms with van der Waals surface area (Å²) in [5.74, 6) is 0.228. The number of piperidine rings is 1. The van der Waals surface area contributed by atoms with Crippen molar-refractivity contribution < 1.29 is 9.59 Å². The van der Waals surface area contributed by atoms with Crippen molar-refractivity contribution >= 4 is 17.5 Å². The van der Waals surface area contributed by atoms with Crippen molar-refractivity contribution in [3.8, 4) is 0 Å². The van der Waals surface area contributed by atoms with E-state index in [9.17, 15) is 9.59 Å². The third-order valence-electron chi connectivity index (χ3n) is 4.50. The molecule has 0 aromatic carbocycles. The van der Waals surface area contributed by atoms with Crippen LogP contribution in [0.3, 0.4) is 0 Å². The van der Waals surface area contributed by atoms with Gasteiger partial charge in [-0.3, -0.25) is 14.7 Å². The van der Waals surface area contributed by atoms with E-state index in [0.717, 1.165) is 30.8 Å². The second-order valence-corrected chi connectivity index (χ2v) is 6.22. The normalized spacial score (nSPS) is 22.3. The van der Waals surface area contributed by atoms with Gasteiger partial charge in [0, 0.05) is 44.1 Å². The Labute approximate surface area is 135 Å². The molecule has 2 amide bonds. The van der Waals surface area contributed by atoms with Crippen LogP contribution in [0.2, 0.25) is 0 Å². The molecule has 3 rings (SSSR count). The van der Waals surface area contributed by atoms with Crippen LogP contribution in [0.25, 0.3) is 0 Å². The van der Waals surface area contributed by atoms with Crippen molar-refractivity contribution in [2.75, 3.05) is 19.6 Å². The molecule has 7 nitrogen and oxygen atoms in total. The SMILES string of the molecule is CCN1N=C(C(=O)N2CCC[C@@H](c3cc(C)[nH]n3)C2)CCC1=O. The maximum Gasteiger partial charge on any atom is 0.270 e. The van der Waals surface area contributed by atoms with Crippen molar-refractivity contribution in [2.45, 2.75) is 45.4 Å². The quantitative estimate of drug-likeness (QED) is 0.915. The molecule has 0 saturated carbocycles. The fourth-order valence-corrected chi connectivity index (χ4v) is 3.24. The number of hydrogen-bond donors (Lipinski definition) is 1. The molecule has 3 heterocycles. The van der Waals surface area contributed by atoms with Crippen molar-refractivity contribution in [1.82, 2.24) is 20.1 Å². The van der Waals surface area contributed by atoms with E-state index in [2.05, 4.69) is 15.3 Å². The Hall–Kier alpha value is -2.18. The Morgan fingerprint density at radius 2 is 2.26 bits per heavy atom. The molecule has 124 valence electrons. The molecule has 1 N–H and O–H groups in total. The first-order valence-electron chi connectivity index (χ1n) is 8.27. The number of hydrazone groups is 1. The van der Waals surface area contributed by atoms with E-state index in [-0.39, 0.29) is 17.7 Å². The predicted octanol–water partition coefficient (Wildman–Crippen LogP) is 1.42. The van der Waals surface area contributed by atoms with Gasteiger partial charge in [0.2, 0.25) is 5.91 Å². The van der Waals surface area contributed by atoms with Gasteiger partial charge in [-0.05, 0) is 32.8 Å².